The Kier molecular flexibility index (Phi) is 3.65. The Hall–Kier alpha value is -1.99. The second kappa shape index (κ2) is 5.75. The Morgan fingerprint density at radius 3 is 2.56 bits per heavy atom. The zero-order valence-electron chi connectivity index (χ0n) is 16.8. The van der Waals surface area contributed by atoms with Gasteiger partial charge in [-0.25, -0.2) is 0 Å². The number of hydrogen-bond donors (Lipinski definition) is 0. The molecule has 4 aliphatic rings. The second-order valence-electron chi connectivity index (χ2n) is 8.73. The van der Waals surface area contributed by atoms with Crippen LogP contribution in [0.5, 0.6) is 0 Å². The van der Waals surface area contributed by atoms with Crippen molar-refractivity contribution in [1.82, 2.24) is 0 Å². The fourth-order valence-corrected chi connectivity index (χ4v) is 6.35. The van der Waals surface area contributed by atoms with Crippen LogP contribution in [0.15, 0.2) is 86.4 Å². The molecule has 0 N–H and O–H groups in total. The van der Waals surface area contributed by atoms with Crippen molar-refractivity contribution in [3.8, 4) is 0 Å². The lowest BCUT2D eigenvalue weighted by atomic mass is 9.71. The van der Waals surface area contributed by atoms with E-state index in [1.807, 2.05) is 11.8 Å². The van der Waals surface area contributed by atoms with E-state index in [0.717, 1.165) is 6.42 Å². The summed E-state index contributed by atoms with van der Waals surface area (Å²) >= 11 is 2.01. The van der Waals surface area contributed by atoms with Crippen LogP contribution in [0.1, 0.15) is 45.7 Å². The minimum absolute atomic E-state index is 0.0410. The highest BCUT2D eigenvalue weighted by Gasteiger charge is 2.39. The van der Waals surface area contributed by atoms with Gasteiger partial charge in [-0.05, 0) is 82.7 Å². The zero-order chi connectivity index (χ0) is 18.9. The van der Waals surface area contributed by atoms with Crippen LogP contribution in [0.25, 0.3) is 6.08 Å². The van der Waals surface area contributed by atoms with Crippen LogP contribution < -0.4 is 0 Å². The van der Waals surface area contributed by atoms with Crippen LogP contribution in [0.2, 0.25) is 0 Å². The van der Waals surface area contributed by atoms with E-state index >= 15 is 0 Å². The molecular formula is C26H26S. The van der Waals surface area contributed by atoms with E-state index < -0.39 is 0 Å². The van der Waals surface area contributed by atoms with E-state index in [9.17, 15) is 0 Å². The first-order valence-corrected chi connectivity index (χ1v) is 10.7. The highest BCUT2D eigenvalue weighted by molar-refractivity contribution is 8.04. The minimum Gasteiger partial charge on any atom is -0.118 e. The summed E-state index contributed by atoms with van der Waals surface area (Å²) in [6, 6.07) is 8.83. The van der Waals surface area contributed by atoms with Crippen molar-refractivity contribution in [2.75, 3.05) is 0 Å². The molecule has 136 valence electrons. The standard InChI is InChI=1S/C26H26S/c1-15-10-20-13-22-16(2)17(3)27-24(22)14-23(20)25(15)26(4,5)21-11-18-8-6-7-9-19(18)12-21/h6-11,13-14,24H,12H2,1-5H3. The monoisotopic (exact) mass is 370 g/mol. The summed E-state index contributed by atoms with van der Waals surface area (Å²) in [6.45, 7) is 11.7. The second-order valence-corrected chi connectivity index (χ2v) is 10.1. The summed E-state index contributed by atoms with van der Waals surface area (Å²) < 4.78 is 0. The third-order valence-corrected chi connectivity index (χ3v) is 8.04. The maximum absolute atomic E-state index is 2.53. The average Bonchev–Trinajstić information content (AvgIpc) is 3.27. The Morgan fingerprint density at radius 1 is 1.00 bits per heavy atom. The molecule has 0 amide bonds. The molecular weight excluding hydrogens is 344 g/mol. The van der Waals surface area contributed by atoms with Crippen molar-refractivity contribution in [1.29, 1.82) is 0 Å². The van der Waals surface area contributed by atoms with Gasteiger partial charge in [0.15, 0.2) is 0 Å². The van der Waals surface area contributed by atoms with E-state index in [0.29, 0.717) is 5.25 Å². The van der Waals surface area contributed by atoms with Gasteiger partial charge in [0, 0.05) is 5.41 Å². The molecule has 1 aromatic rings. The normalized spacial score (nSPS) is 23.7. The summed E-state index contributed by atoms with van der Waals surface area (Å²) in [7, 11) is 0. The number of hydrogen-bond acceptors (Lipinski definition) is 1. The quantitative estimate of drug-likeness (QED) is 0.531. The average molecular weight is 371 g/mol. The highest BCUT2D eigenvalue weighted by Crippen LogP contribution is 2.54. The van der Waals surface area contributed by atoms with E-state index in [2.05, 4.69) is 83.2 Å². The molecule has 0 aromatic heterocycles. The molecule has 1 heterocycles. The number of fused-ring (bicyclic) bond motifs is 3. The molecule has 1 atom stereocenters. The van der Waals surface area contributed by atoms with Crippen LogP contribution in [0.4, 0.5) is 0 Å². The lowest BCUT2D eigenvalue weighted by molar-refractivity contribution is 0.538. The maximum atomic E-state index is 2.53. The summed E-state index contributed by atoms with van der Waals surface area (Å²) in [5.74, 6) is 0. The minimum atomic E-state index is 0.0410. The molecule has 1 unspecified atom stereocenters. The van der Waals surface area contributed by atoms with Crippen LogP contribution in [0, 0.1) is 5.41 Å². The summed E-state index contributed by atoms with van der Waals surface area (Å²) in [4.78, 5) is 1.47. The van der Waals surface area contributed by atoms with Gasteiger partial charge in [0.2, 0.25) is 0 Å². The third-order valence-electron chi connectivity index (χ3n) is 6.74. The van der Waals surface area contributed by atoms with Crippen LogP contribution in [-0.2, 0) is 6.42 Å². The van der Waals surface area contributed by atoms with E-state index in [4.69, 9.17) is 0 Å². The van der Waals surface area contributed by atoms with Crippen LogP contribution >= 0.6 is 11.8 Å². The molecule has 0 nitrogen and oxygen atoms in total. The summed E-state index contributed by atoms with van der Waals surface area (Å²) in [5, 5.41) is 0.489. The molecule has 3 aliphatic carbocycles. The lowest BCUT2D eigenvalue weighted by Gasteiger charge is -2.33. The van der Waals surface area contributed by atoms with Crippen LogP contribution in [0.3, 0.4) is 0 Å². The summed E-state index contributed by atoms with van der Waals surface area (Å²) in [6.07, 6.45) is 10.9. The number of allylic oxidation sites excluding steroid dienone is 9. The van der Waals surface area contributed by atoms with Gasteiger partial charge < -0.3 is 0 Å². The molecule has 1 heteroatoms. The van der Waals surface area contributed by atoms with Crippen LogP contribution in [-0.4, -0.2) is 5.25 Å². The fourth-order valence-electron chi connectivity index (χ4n) is 5.10. The molecule has 0 fully saturated rings. The Labute approximate surface area is 167 Å². The molecule has 27 heavy (non-hydrogen) atoms. The van der Waals surface area contributed by atoms with Gasteiger partial charge in [-0.2, -0.15) is 0 Å². The first-order valence-electron chi connectivity index (χ1n) is 9.87. The smallest absolute Gasteiger partial charge is 0.0533 e. The van der Waals surface area contributed by atoms with Crippen molar-refractivity contribution in [2.45, 2.75) is 46.3 Å². The molecule has 1 aromatic carbocycles. The van der Waals surface area contributed by atoms with Gasteiger partial charge in [-0.15, -0.1) is 11.8 Å². The Bertz CT molecular complexity index is 1060. The van der Waals surface area contributed by atoms with Crippen molar-refractivity contribution >= 4 is 17.8 Å². The molecule has 1 aliphatic heterocycles. The predicted octanol–water partition coefficient (Wildman–Crippen LogP) is 7.18. The zero-order valence-corrected chi connectivity index (χ0v) is 17.6. The third kappa shape index (κ3) is 2.44. The number of rotatable bonds is 2. The maximum Gasteiger partial charge on any atom is 0.0533 e. The molecule has 0 radical (unpaired) electrons. The van der Waals surface area contributed by atoms with Gasteiger partial charge in [0.25, 0.3) is 0 Å². The van der Waals surface area contributed by atoms with Gasteiger partial charge in [-0.1, -0.05) is 61.9 Å². The van der Waals surface area contributed by atoms with Gasteiger partial charge in [0.05, 0.1) is 5.25 Å². The molecule has 0 saturated carbocycles. The van der Waals surface area contributed by atoms with Crippen molar-refractivity contribution in [3.05, 3.63) is 97.5 Å². The number of thioether (sulfide) groups is 1. The topological polar surface area (TPSA) is 0 Å². The molecule has 5 rings (SSSR count). The first kappa shape index (κ1) is 17.1. The molecule has 0 bridgehead atoms. The van der Waals surface area contributed by atoms with Crippen molar-refractivity contribution < 1.29 is 0 Å². The largest absolute Gasteiger partial charge is 0.118 e. The molecule has 0 saturated heterocycles. The highest BCUT2D eigenvalue weighted by atomic mass is 32.2. The van der Waals surface area contributed by atoms with E-state index in [1.54, 1.807) is 0 Å². The van der Waals surface area contributed by atoms with Gasteiger partial charge >= 0.3 is 0 Å². The van der Waals surface area contributed by atoms with Crippen molar-refractivity contribution in [3.63, 3.8) is 0 Å². The Morgan fingerprint density at radius 2 is 1.78 bits per heavy atom. The van der Waals surface area contributed by atoms with Crippen molar-refractivity contribution in [2.24, 2.45) is 5.41 Å². The Balaban J connectivity index is 1.54. The first-order chi connectivity index (χ1) is 12.9. The molecule has 0 spiro atoms. The fraction of sp³-hybridized carbons (Fsp3) is 0.308. The van der Waals surface area contributed by atoms with Gasteiger partial charge in [0.1, 0.15) is 0 Å². The van der Waals surface area contributed by atoms with E-state index in [1.165, 1.54) is 55.0 Å². The number of benzene rings is 1. The lowest BCUT2D eigenvalue weighted by Crippen LogP contribution is -2.21. The SMILES string of the molecule is CC1=C(C(C)(C)C2=Cc3ccccc3C2)C2=CC3SC(C)=C(C)C3=CC2=C1. The predicted molar refractivity (Wildman–Crippen MR) is 119 cm³/mol. The van der Waals surface area contributed by atoms with Gasteiger partial charge in [-0.3, -0.25) is 0 Å². The van der Waals surface area contributed by atoms with E-state index in [-0.39, 0.29) is 5.41 Å². The summed E-state index contributed by atoms with van der Waals surface area (Å²) in [5.41, 5.74) is 13.2.